The number of nitrogens with zero attached hydrogens (tertiary/aromatic N) is 2. The highest BCUT2D eigenvalue weighted by Gasteiger charge is 2.22. The summed E-state index contributed by atoms with van der Waals surface area (Å²) in [5.41, 5.74) is 3.44. The minimum atomic E-state index is -0.318. The zero-order chi connectivity index (χ0) is 20.5. The second-order valence-electron chi connectivity index (χ2n) is 7.03. The van der Waals surface area contributed by atoms with Crippen LogP contribution in [0.25, 0.3) is 5.69 Å². The molecule has 1 amide bonds. The van der Waals surface area contributed by atoms with Crippen LogP contribution in [0.5, 0.6) is 11.5 Å². The predicted molar refractivity (Wildman–Crippen MR) is 106 cm³/mol. The predicted octanol–water partition coefficient (Wildman–Crippen LogP) is 3.89. The number of aryl methyl sites for hydroxylation is 1. The fourth-order valence-corrected chi connectivity index (χ4v) is 3.49. The first-order valence-electron chi connectivity index (χ1n) is 9.46. The van der Waals surface area contributed by atoms with Gasteiger partial charge in [0, 0.05) is 0 Å². The molecule has 0 saturated carbocycles. The summed E-state index contributed by atoms with van der Waals surface area (Å²) in [5.74, 6) is 0.870. The molecular formula is C22H22FN3O3. The molecule has 0 fully saturated rings. The number of halogens is 1. The summed E-state index contributed by atoms with van der Waals surface area (Å²) >= 11 is 0. The fourth-order valence-electron chi connectivity index (χ4n) is 3.49. The lowest BCUT2D eigenvalue weighted by molar-refractivity contribution is 0.0938. The normalized spacial score (nSPS) is 13.8. The van der Waals surface area contributed by atoms with E-state index in [4.69, 9.17) is 9.47 Å². The third-order valence-corrected chi connectivity index (χ3v) is 5.00. The van der Waals surface area contributed by atoms with Gasteiger partial charge in [0.15, 0.2) is 11.5 Å². The van der Waals surface area contributed by atoms with Crippen LogP contribution in [-0.2, 0) is 0 Å². The first-order valence-corrected chi connectivity index (χ1v) is 9.46. The number of benzene rings is 2. The molecule has 29 heavy (non-hydrogen) atoms. The van der Waals surface area contributed by atoms with Crippen molar-refractivity contribution in [2.75, 3.05) is 13.2 Å². The highest BCUT2D eigenvalue weighted by Crippen LogP contribution is 2.32. The molecule has 1 atom stereocenters. The van der Waals surface area contributed by atoms with Crippen LogP contribution in [0.15, 0.2) is 42.5 Å². The van der Waals surface area contributed by atoms with Crippen molar-refractivity contribution in [2.45, 2.75) is 26.8 Å². The SMILES string of the molecule is Cc1nn(-c2ccc(F)cc2)c(C)c1C(=O)NC(C)c1ccc2c(c1)OCCO2. The minimum Gasteiger partial charge on any atom is -0.486 e. The number of nitrogens with one attached hydrogen (secondary N) is 1. The van der Waals surface area contributed by atoms with Crippen LogP contribution >= 0.6 is 0 Å². The topological polar surface area (TPSA) is 65.4 Å². The Morgan fingerprint density at radius 1 is 1.10 bits per heavy atom. The van der Waals surface area contributed by atoms with Crippen molar-refractivity contribution in [1.29, 1.82) is 0 Å². The van der Waals surface area contributed by atoms with Crippen molar-refractivity contribution in [3.05, 3.63) is 70.8 Å². The van der Waals surface area contributed by atoms with Gasteiger partial charge in [-0.25, -0.2) is 9.07 Å². The van der Waals surface area contributed by atoms with Crippen molar-refractivity contribution in [1.82, 2.24) is 15.1 Å². The molecule has 3 aromatic rings. The molecule has 0 aliphatic carbocycles. The molecule has 0 radical (unpaired) electrons. The standard InChI is InChI=1S/C22H22FN3O3/c1-13(16-4-9-19-20(12-16)29-11-10-28-19)24-22(27)21-14(2)25-26(15(21)3)18-7-5-17(23)6-8-18/h4-9,12-13H,10-11H2,1-3H3,(H,24,27). The smallest absolute Gasteiger partial charge is 0.255 e. The second kappa shape index (κ2) is 7.58. The van der Waals surface area contributed by atoms with E-state index in [1.165, 1.54) is 12.1 Å². The van der Waals surface area contributed by atoms with Crippen LogP contribution in [0, 0.1) is 19.7 Å². The third-order valence-electron chi connectivity index (χ3n) is 5.00. The number of fused-ring (bicyclic) bond motifs is 1. The lowest BCUT2D eigenvalue weighted by Crippen LogP contribution is -2.27. The Morgan fingerprint density at radius 2 is 1.79 bits per heavy atom. The maximum absolute atomic E-state index is 13.2. The van der Waals surface area contributed by atoms with Gasteiger partial charge in [-0.2, -0.15) is 5.10 Å². The zero-order valence-electron chi connectivity index (χ0n) is 16.5. The first kappa shape index (κ1) is 19.0. The van der Waals surface area contributed by atoms with E-state index in [9.17, 15) is 9.18 Å². The average Bonchev–Trinajstić information content (AvgIpc) is 3.02. The van der Waals surface area contributed by atoms with E-state index in [0.717, 1.165) is 5.56 Å². The molecule has 1 aromatic heterocycles. The monoisotopic (exact) mass is 395 g/mol. The summed E-state index contributed by atoms with van der Waals surface area (Å²) in [6.45, 7) is 6.58. The van der Waals surface area contributed by atoms with E-state index >= 15 is 0 Å². The average molecular weight is 395 g/mol. The number of aromatic nitrogens is 2. The number of carbonyl (C=O) groups is 1. The van der Waals surface area contributed by atoms with Gasteiger partial charge in [0.05, 0.1) is 28.7 Å². The van der Waals surface area contributed by atoms with Gasteiger partial charge in [0.2, 0.25) is 0 Å². The van der Waals surface area contributed by atoms with Gasteiger partial charge in [-0.3, -0.25) is 4.79 Å². The van der Waals surface area contributed by atoms with Crippen LogP contribution in [0.1, 0.15) is 40.3 Å². The zero-order valence-corrected chi connectivity index (χ0v) is 16.5. The number of carbonyl (C=O) groups excluding carboxylic acids is 1. The van der Waals surface area contributed by atoms with Crippen molar-refractivity contribution < 1.29 is 18.7 Å². The highest BCUT2D eigenvalue weighted by molar-refractivity contribution is 5.96. The molecule has 1 aliphatic rings. The molecule has 2 aromatic carbocycles. The van der Waals surface area contributed by atoms with E-state index in [1.807, 2.05) is 32.0 Å². The van der Waals surface area contributed by atoms with Crippen molar-refractivity contribution in [2.24, 2.45) is 0 Å². The minimum absolute atomic E-state index is 0.212. The summed E-state index contributed by atoms with van der Waals surface area (Å²) in [5, 5.41) is 7.49. The lowest BCUT2D eigenvalue weighted by Gasteiger charge is -2.21. The van der Waals surface area contributed by atoms with Crippen molar-refractivity contribution in [3.8, 4) is 17.2 Å². The lowest BCUT2D eigenvalue weighted by atomic mass is 10.1. The quantitative estimate of drug-likeness (QED) is 0.728. The van der Waals surface area contributed by atoms with Crippen LogP contribution in [0.3, 0.4) is 0 Å². The maximum atomic E-state index is 13.2. The number of amides is 1. The maximum Gasteiger partial charge on any atom is 0.255 e. The van der Waals surface area contributed by atoms with Crippen LogP contribution < -0.4 is 14.8 Å². The van der Waals surface area contributed by atoms with Gasteiger partial charge >= 0.3 is 0 Å². The van der Waals surface area contributed by atoms with Crippen LogP contribution in [0.4, 0.5) is 4.39 Å². The summed E-state index contributed by atoms with van der Waals surface area (Å²) in [6.07, 6.45) is 0. The number of hydrogen-bond donors (Lipinski definition) is 1. The van der Waals surface area contributed by atoms with E-state index in [1.54, 1.807) is 23.7 Å². The second-order valence-corrected chi connectivity index (χ2v) is 7.03. The van der Waals surface area contributed by atoms with E-state index in [2.05, 4.69) is 10.4 Å². The Labute approximate surface area is 168 Å². The Hall–Kier alpha value is -3.35. The summed E-state index contributed by atoms with van der Waals surface area (Å²) in [7, 11) is 0. The largest absolute Gasteiger partial charge is 0.486 e. The van der Waals surface area contributed by atoms with Crippen molar-refractivity contribution in [3.63, 3.8) is 0 Å². The summed E-state index contributed by atoms with van der Waals surface area (Å²) < 4.78 is 26.0. The Kier molecular flexibility index (Phi) is 4.96. The molecule has 6 nitrogen and oxygen atoms in total. The molecule has 150 valence electrons. The first-order chi connectivity index (χ1) is 13.9. The third kappa shape index (κ3) is 3.68. The summed E-state index contributed by atoms with van der Waals surface area (Å²) in [4.78, 5) is 13.0. The van der Waals surface area contributed by atoms with Gasteiger partial charge in [0.25, 0.3) is 5.91 Å². The Morgan fingerprint density at radius 3 is 2.52 bits per heavy atom. The number of rotatable bonds is 4. The van der Waals surface area contributed by atoms with Gasteiger partial charge in [-0.05, 0) is 62.7 Å². The Balaban J connectivity index is 1.56. The molecule has 0 saturated heterocycles. The van der Waals surface area contributed by atoms with Crippen molar-refractivity contribution >= 4 is 5.91 Å². The molecule has 1 aliphatic heterocycles. The van der Waals surface area contributed by atoms with Gasteiger partial charge in [-0.1, -0.05) is 6.07 Å². The highest BCUT2D eigenvalue weighted by atomic mass is 19.1. The van der Waals surface area contributed by atoms with E-state index in [-0.39, 0.29) is 17.8 Å². The molecule has 1 N–H and O–H groups in total. The number of hydrogen-bond acceptors (Lipinski definition) is 4. The van der Waals surface area contributed by atoms with Crippen LogP contribution in [-0.4, -0.2) is 28.9 Å². The molecule has 7 heteroatoms. The number of ether oxygens (including phenoxy) is 2. The van der Waals surface area contributed by atoms with Gasteiger partial charge < -0.3 is 14.8 Å². The molecular weight excluding hydrogens is 373 g/mol. The summed E-state index contributed by atoms with van der Waals surface area (Å²) in [6, 6.07) is 11.4. The molecule has 0 bridgehead atoms. The van der Waals surface area contributed by atoms with E-state index in [0.29, 0.717) is 47.4 Å². The van der Waals surface area contributed by atoms with Crippen LogP contribution in [0.2, 0.25) is 0 Å². The van der Waals surface area contributed by atoms with Gasteiger partial charge in [0.1, 0.15) is 19.0 Å². The Bertz CT molecular complexity index is 1060. The van der Waals surface area contributed by atoms with Gasteiger partial charge in [-0.15, -0.1) is 0 Å². The molecule has 2 heterocycles. The van der Waals surface area contributed by atoms with E-state index < -0.39 is 0 Å². The molecule has 0 spiro atoms. The molecule has 1 unspecified atom stereocenters. The molecule has 4 rings (SSSR count). The fraction of sp³-hybridized carbons (Fsp3) is 0.273.